The van der Waals surface area contributed by atoms with Gasteiger partial charge in [-0.15, -0.1) is 0 Å². The van der Waals surface area contributed by atoms with Crippen molar-refractivity contribution in [1.82, 2.24) is 5.32 Å². The molecule has 0 fully saturated rings. The predicted molar refractivity (Wildman–Crippen MR) is 104 cm³/mol. The fourth-order valence-electron chi connectivity index (χ4n) is 2.62. The van der Waals surface area contributed by atoms with Gasteiger partial charge in [0, 0.05) is 17.8 Å². The summed E-state index contributed by atoms with van der Waals surface area (Å²) in [6.45, 7) is 2.90. The van der Waals surface area contributed by atoms with Crippen LogP contribution in [0.25, 0.3) is 0 Å². The quantitative estimate of drug-likeness (QED) is 0.667. The number of para-hydroxylation sites is 2. The number of hydrogen-bond donors (Lipinski definition) is 2. The van der Waals surface area contributed by atoms with Gasteiger partial charge in [-0.05, 0) is 30.7 Å². The van der Waals surface area contributed by atoms with Crippen molar-refractivity contribution in [3.63, 3.8) is 0 Å². The van der Waals surface area contributed by atoms with Gasteiger partial charge in [0.15, 0.2) is 0 Å². The normalized spacial score (nSPS) is 10.2. The van der Waals surface area contributed by atoms with E-state index >= 15 is 0 Å². The lowest BCUT2D eigenvalue weighted by Gasteiger charge is -2.13. The van der Waals surface area contributed by atoms with Crippen LogP contribution in [0.3, 0.4) is 0 Å². The van der Waals surface area contributed by atoms with E-state index in [1.54, 1.807) is 0 Å². The molecule has 0 aromatic heterocycles. The first-order chi connectivity index (χ1) is 12.7. The maximum Gasteiger partial charge on any atom is 0.319 e. The van der Waals surface area contributed by atoms with Gasteiger partial charge in [-0.3, -0.25) is 0 Å². The van der Waals surface area contributed by atoms with Crippen LogP contribution in [0.5, 0.6) is 5.75 Å². The summed E-state index contributed by atoms with van der Waals surface area (Å²) >= 11 is 0. The summed E-state index contributed by atoms with van der Waals surface area (Å²) < 4.78 is 5.79. The Bertz CT molecular complexity index is 863. The first kappa shape index (κ1) is 17.5. The fraction of sp³-hybridized carbons (Fsp3) is 0.136. The SMILES string of the molecule is Cc1cccc(CNC(=O)Nc2ccccc2COc2ccccc2)c1. The Balaban J connectivity index is 1.58. The number of rotatable bonds is 6. The maximum atomic E-state index is 12.2. The second-order valence-corrected chi connectivity index (χ2v) is 6.06. The van der Waals surface area contributed by atoms with Crippen molar-refractivity contribution in [3.05, 3.63) is 95.6 Å². The zero-order valence-corrected chi connectivity index (χ0v) is 14.7. The molecule has 4 nitrogen and oxygen atoms in total. The van der Waals surface area contributed by atoms with E-state index in [0.717, 1.165) is 22.6 Å². The van der Waals surface area contributed by atoms with Crippen molar-refractivity contribution >= 4 is 11.7 Å². The number of nitrogens with one attached hydrogen (secondary N) is 2. The molecule has 0 aliphatic carbocycles. The van der Waals surface area contributed by atoms with Gasteiger partial charge >= 0.3 is 6.03 Å². The molecule has 2 amide bonds. The van der Waals surface area contributed by atoms with Crippen LogP contribution in [0.1, 0.15) is 16.7 Å². The summed E-state index contributed by atoms with van der Waals surface area (Å²) in [6.07, 6.45) is 0. The lowest BCUT2D eigenvalue weighted by Crippen LogP contribution is -2.28. The minimum absolute atomic E-state index is 0.237. The van der Waals surface area contributed by atoms with Gasteiger partial charge in [0.2, 0.25) is 0 Å². The summed E-state index contributed by atoms with van der Waals surface area (Å²) in [5, 5.41) is 5.79. The third kappa shape index (κ3) is 5.11. The highest BCUT2D eigenvalue weighted by atomic mass is 16.5. The predicted octanol–water partition coefficient (Wildman–Crippen LogP) is 4.90. The number of urea groups is 1. The van der Waals surface area contributed by atoms with E-state index in [1.807, 2.05) is 79.7 Å². The Kier molecular flexibility index (Phi) is 5.88. The van der Waals surface area contributed by atoms with Crippen molar-refractivity contribution in [2.45, 2.75) is 20.1 Å². The van der Waals surface area contributed by atoms with Crippen LogP contribution in [0.2, 0.25) is 0 Å². The van der Waals surface area contributed by atoms with Gasteiger partial charge in [-0.1, -0.05) is 66.2 Å². The second-order valence-electron chi connectivity index (χ2n) is 6.06. The Labute approximate surface area is 153 Å². The molecule has 0 aliphatic heterocycles. The molecule has 0 atom stereocenters. The average molecular weight is 346 g/mol. The van der Waals surface area contributed by atoms with Crippen LogP contribution in [0.4, 0.5) is 10.5 Å². The van der Waals surface area contributed by atoms with Crippen LogP contribution < -0.4 is 15.4 Å². The molecule has 0 saturated carbocycles. The molecule has 2 N–H and O–H groups in total. The highest BCUT2D eigenvalue weighted by molar-refractivity contribution is 5.90. The Hall–Kier alpha value is -3.27. The number of benzene rings is 3. The van der Waals surface area contributed by atoms with Gasteiger partial charge in [0.25, 0.3) is 0 Å². The lowest BCUT2D eigenvalue weighted by atomic mass is 10.1. The molecule has 132 valence electrons. The van der Waals surface area contributed by atoms with E-state index in [4.69, 9.17) is 4.74 Å². The molecular formula is C22H22N2O2. The number of anilines is 1. The molecule has 26 heavy (non-hydrogen) atoms. The zero-order valence-electron chi connectivity index (χ0n) is 14.7. The summed E-state index contributed by atoms with van der Waals surface area (Å²) in [6, 6.07) is 25.1. The largest absolute Gasteiger partial charge is 0.489 e. The Morgan fingerprint density at radius 3 is 2.50 bits per heavy atom. The highest BCUT2D eigenvalue weighted by Gasteiger charge is 2.07. The third-order valence-corrected chi connectivity index (χ3v) is 3.94. The molecule has 0 bridgehead atoms. The van der Waals surface area contributed by atoms with Crippen LogP contribution in [0, 0.1) is 6.92 Å². The van der Waals surface area contributed by atoms with Gasteiger partial charge in [0.05, 0.1) is 0 Å². The van der Waals surface area contributed by atoms with Crippen LogP contribution in [-0.2, 0) is 13.2 Å². The van der Waals surface area contributed by atoms with E-state index in [1.165, 1.54) is 5.56 Å². The van der Waals surface area contributed by atoms with E-state index in [9.17, 15) is 4.79 Å². The molecule has 4 heteroatoms. The van der Waals surface area contributed by atoms with Crippen LogP contribution >= 0.6 is 0 Å². The molecule has 3 aromatic rings. The number of carbonyl (C=O) groups excluding carboxylic acids is 1. The number of amides is 2. The molecule has 3 rings (SSSR count). The van der Waals surface area contributed by atoms with Gasteiger partial charge in [-0.2, -0.15) is 0 Å². The molecule has 0 heterocycles. The first-order valence-electron chi connectivity index (χ1n) is 8.57. The maximum absolute atomic E-state index is 12.2. The number of ether oxygens (including phenoxy) is 1. The highest BCUT2D eigenvalue weighted by Crippen LogP contribution is 2.18. The zero-order chi connectivity index (χ0) is 18.2. The Morgan fingerprint density at radius 2 is 1.69 bits per heavy atom. The topological polar surface area (TPSA) is 50.4 Å². The average Bonchev–Trinajstić information content (AvgIpc) is 2.67. The minimum atomic E-state index is -0.237. The first-order valence-corrected chi connectivity index (χ1v) is 8.57. The van der Waals surface area contributed by atoms with Gasteiger partial charge < -0.3 is 15.4 Å². The summed E-state index contributed by atoms with van der Waals surface area (Å²) in [5.41, 5.74) is 3.90. The van der Waals surface area contributed by atoms with E-state index in [0.29, 0.717) is 13.2 Å². The van der Waals surface area contributed by atoms with E-state index in [-0.39, 0.29) is 6.03 Å². The van der Waals surface area contributed by atoms with Gasteiger partial charge in [0.1, 0.15) is 12.4 Å². The van der Waals surface area contributed by atoms with E-state index < -0.39 is 0 Å². The third-order valence-electron chi connectivity index (χ3n) is 3.94. The minimum Gasteiger partial charge on any atom is -0.489 e. The van der Waals surface area contributed by atoms with Gasteiger partial charge in [-0.25, -0.2) is 4.79 Å². The molecule has 0 aliphatic rings. The molecule has 0 saturated heterocycles. The standard InChI is InChI=1S/C22H22N2O2/c1-17-8-7-9-18(14-17)15-23-22(25)24-21-13-6-5-10-19(21)16-26-20-11-3-2-4-12-20/h2-14H,15-16H2,1H3,(H2,23,24,25). The summed E-state index contributed by atoms with van der Waals surface area (Å²) in [4.78, 5) is 12.2. The number of carbonyl (C=O) groups is 1. The fourth-order valence-corrected chi connectivity index (χ4v) is 2.62. The monoisotopic (exact) mass is 346 g/mol. The van der Waals surface area contributed by atoms with Crippen molar-refractivity contribution in [1.29, 1.82) is 0 Å². The number of hydrogen-bond acceptors (Lipinski definition) is 2. The molecular weight excluding hydrogens is 324 g/mol. The summed E-state index contributed by atoms with van der Waals surface area (Å²) in [5.74, 6) is 0.797. The van der Waals surface area contributed by atoms with Crippen molar-refractivity contribution < 1.29 is 9.53 Å². The summed E-state index contributed by atoms with van der Waals surface area (Å²) in [7, 11) is 0. The van der Waals surface area contributed by atoms with Crippen molar-refractivity contribution in [3.8, 4) is 5.75 Å². The van der Waals surface area contributed by atoms with Crippen LogP contribution in [-0.4, -0.2) is 6.03 Å². The molecule has 0 radical (unpaired) electrons. The van der Waals surface area contributed by atoms with E-state index in [2.05, 4.69) is 16.7 Å². The van der Waals surface area contributed by atoms with Crippen LogP contribution in [0.15, 0.2) is 78.9 Å². The Morgan fingerprint density at radius 1 is 0.923 bits per heavy atom. The molecule has 0 spiro atoms. The second kappa shape index (κ2) is 8.72. The lowest BCUT2D eigenvalue weighted by molar-refractivity contribution is 0.251. The number of aryl methyl sites for hydroxylation is 1. The van der Waals surface area contributed by atoms with Crippen molar-refractivity contribution in [2.24, 2.45) is 0 Å². The smallest absolute Gasteiger partial charge is 0.319 e. The molecule has 0 unspecified atom stereocenters. The van der Waals surface area contributed by atoms with Crippen molar-refractivity contribution in [2.75, 3.05) is 5.32 Å². The molecule has 3 aromatic carbocycles.